The second-order valence-electron chi connectivity index (χ2n) is 5.16. The van der Waals surface area contributed by atoms with Gasteiger partial charge in [-0.05, 0) is 25.0 Å². The Labute approximate surface area is 111 Å². The number of benzene rings is 1. The summed E-state index contributed by atoms with van der Waals surface area (Å²) < 4.78 is 4.75. The van der Waals surface area contributed by atoms with Crippen LogP contribution in [0.1, 0.15) is 29.6 Å². The van der Waals surface area contributed by atoms with Crippen molar-refractivity contribution in [3.8, 4) is 0 Å². The fraction of sp³-hybridized carbons (Fsp3) is 0.429. The second-order valence-corrected chi connectivity index (χ2v) is 5.16. The van der Waals surface area contributed by atoms with E-state index in [0.29, 0.717) is 17.8 Å². The van der Waals surface area contributed by atoms with Gasteiger partial charge in [-0.2, -0.15) is 0 Å². The molecule has 0 aromatic heterocycles. The Kier molecular flexibility index (Phi) is 2.69. The Morgan fingerprint density at radius 2 is 2.16 bits per heavy atom. The topological polar surface area (TPSA) is 67.4 Å². The van der Waals surface area contributed by atoms with Gasteiger partial charge in [-0.3, -0.25) is 4.79 Å². The molecule has 1 aliphatic heterocycles. The zero-order valence-corrected chi connectivity index (χ0v) is 10.8. The average Bonchev–Trinajstić information content (AvgIpc) is 2.52. The third kappa shape index (κ3) is 1.77. The summed E-state index contributed by atoms with van der Waals surface area (Å²) in [6.07, 6.45) is 2.87. The standard InChI is InChI=1S/C14H16N2O3/c1-19-12(17)9-4-2-5-10-11(9)16-13(18)14(8-15-10)6-3-7-14/h2,4-5,15H,3,6-8H2,1H3,(H,16,18). The summed E-state index contributed by atoms with van der Waals surface area (Å²) in [6.45, 7) is 0.621. The number of amides is 1. The predicted molar refractivity (Wildman–Crippen MR) is 71.2 cm³/mol. The molecule has 100 valence electrons. The van der Waals surface area contributed by atoms with E-state index in [1.807, 2.05) is 6.07 Å². The Hall–Kier alpha value is -2.04. The van der Waals surface area contributed by atoms with Crippen molar-refractivity contribution in [1.82, 2.24) is 0 Å². The van der Waals surface area contributed by atoms with E-state index >= 15 is 0 Å². The number of anilines is 2. The molecule has 1 amide bonds. The molecular weight excluding hydrogens is 244 g/mol. The van der Waals surface area contributed by atoms with E-state index < -0.39 is 5.97 Å². The van der Waals surface area contributed by atoms with Gasteiger partial charge in [0.2, 0.25) is 5.91 Å². The van der Waals surface area contributed by atoms with Crippen LogP contribution in [-0.4, -0.2) is 25.5 Å². The summed E-state index contributed by atoms with van der Waals surface area (Å²) in [5.74, 6) is -0.440. The minimum absolute atomic E-state index is 0.00125. The molecule has 5 nitrogen and oxygen atoms in total. The van der Waals surface area contributed by atoms with Crippen LogP contribution < -0.4 is 10.6 Å². The third-order valence-corrected chi connectivity index (χ3v) is 4.12. The summed E-state index contributed by atoms with van der Waals surface area (Å²) in [7, 11) is 1.33. The molecule has 0 saturated heterocycles. The van der Waals surface area contributed by atoms with Crippen molar-refractivity contribution >= 4 is 23.3 Å². The number of methoxy groups -OCH3 is 1. The maximum absolute atomic E-state index is 12.3. The number of carbonyl (C=O) groups is 2. The lowest BCUT2D eigenvalue weighted by molar-refractivity contribution is -0.129. The summed E-state index contributed by atoms with van der Waals surface area (Å²) in [5, 5.41) is 6.17. The van der Waals surface area contributed by atoms with Gasteiger partial charge in [0.05, 0.1) is 29.5 Å². The Morgan fingerprint density at radius 3 is 2.79 bits per heavy atom. The highest BCUT2D eigenvalue weighted by Crippen LogP contribution is 2.45. The first-order valence-electron chi connectivity index (χ1n) is 6.43. The highest BCUT2D eigenvalue weighted by Gasteiger charge is 2.45. The van der Waals surface area contributed by atoms with Crippen molar-refractivity contribution in [2.75, 3.05) is 24.3 Å². The Morgan fingerprint density at radius 1 is 1.37 bits per heavy atom. The predicted octanol–water partition coefficient (Wildman–Crippen LogP) is 2.01. The van der Waals surface area contributed by atoms with Crippen LogP contribution in [0.2, 0.25) is 0 Å². The molecule has 19 heavy (non-hydrogen) atoms. The number of esters is 1. The van der Waals surface area contributed by atoms with E-state index in [2.05, 4.69) is 10.6 Å². The highest BCUT2D eigenvalue weighted by atomic mass is 16.5. The first-order chi connectivity index (χ1) is 9.16. The molecule has 1 saturated carbocycles. The molecular formula is C14H16N2O3. The zero-order chi connectivity index (χ0) is 13.5. The molecule has 0 radical (unpaired) electrons. The van der Waals surface area contributed by atoms with Gasteiger partial charge in [0, 0.05) is 6.54 Å². The number of ether oxygens (including phenoxy) is 1. The zero-order valence-electron chi connectivity index (χ0n) is 10.8. The number of nitrogens with one attached hydrogen (secondary N) is 2. The van der Waals surface area contributed by atoms with Crippen LogP contribution in [-0.2, 0) is 9.53 Å². The minimum atomic E-state index is -0.441. The van der Waals surface area contributed by atoms with Crippen molar-refractivity contribution in [2.45, 2.75) is 19.3 Å². The highest BCUT2D eigenvalue weighted by molar-refractivity contribution is 6.07. The molecule has 5 heteroatoms. The number of rotatable bonds is 1. The number of para-hydroxylation sites is 1. The maximum Gasteiger partial charge on any atom is 0.340 e. The normalized spacial score (nSPS) is 19.5. The molecule has 3 rings (SSSR count). The van der Waals surface area contributed by atoms with Crippen molar-refractivity contribution in [3.05, 3.63) is 23.8 Å². The van der Waals surface area contributed by atoms with Gasteiger partial charge in [-0.25, -0.2) is 4.79 Å². The molecule has 1 spiro atoms. The van der Waals surface area contributed by atoms with Gasteiger partial charge in [0.25, 0.3) is 0 Å². The molecule has 0 atom stereocenters. The van der Waals surface area contributed by atoms with E-state index in [-0.39, 0.29) is 11.3 Å². The van der Waals surface area contributed by atoms with E-state index in [0.717, 1.165) is 24.9 Å². The molecule has 1 heterocycles. The van der Waals surface area contributed by atoms with Crippen LogP contribution >= 0.6 is 0 Å². The maximum atomic E-state index is 12.3. The fourth-order valence-electron chi connectivity index (χ4n) is 2.71. The van der Waals surface area contributed by atoms with E-state index in [1.165, 1.54) is 7.11 Å². The lowest BCUT2D eigenvalue weighted by atomic mass is 9.68. The van der Waals surface area contributed by atoms with E-state index in [1.54, 1.807) is 12.1 Å². The van der Waals surface area contributed by atoms with Crippen molar-refractivity contribution < 1.29 is 14.3 Å². The van der Waals surface area contributed by atoms with Gasteiger partial charge in [0.1, 0.15) is 0 Å². The van der Waals surface area contributed by atoms with Crippen LogP contribution in [0.4, 0.5) is 11.4 Å². The first kappa shape index (κ1) is 12.0. The van der Waals surface area contributed by atoms with Gasteiger partial charge in [-0.1, -0.05) is 12.5 Å². The van der Waals surface area contributed by atoms with Crippen molar-refractivity contribution in [1.29, 1.82) is 0 Å². The third-order valence-electron chi connectivity index (χ3n) is 4.12. The molecule has 1 aromatic carbocycles. The summed E-state index contributed by atoms with van der Waals surface area (Å²) >= 11 is 0. The van der Waals surface area contributed by atoms with Crippen LogP contribution in [0.3, 0.4) is 0 Å². The monoisotopic (exact) mass is 260 g/mol. The minimum Gasteiger partial charge on any atom is -0.465 e. The smallest absolute Gasteiger partial charge is 0.340 e. The lowest BCUT2D eigenvalue weighted by Crippen LogP contribution is -2.45. The number of hydrogen-bond donors (Lipinski definition) is 2. The summed E-state index contributed by atoms with van der Waals surface area (Å²) in [5.41, 5.74) is 1.38. The Bertz CT molecular complexity index is 550. The molecule has 1 aromatic rings. The number of hydrogen-bond acceptors (Lipinski definition) is 4. The van der Waals surface area contributed by atoms with Crippen LogP contribution in [0.15, 0.2) is 18.2 Å². The van der Waals surface area contributed by atoms with Gasteiger partial charge >= 0.3 is 5.97 Å². The van der Waals surface area contributed by atoms with Gasteiger partial charge in [-0.15, -0.1) is 0 Å². The van der Waals surface area contributed by atoms with E-state index in [4.69, 9.17) is 4.74 Å². The molecule has 2 aliphatic rings. The van der Waals surface area contributed by atoms with Crippen molar-refractivity contribution in [2.24, 2.45) is 5.41 Å². The average molecular weight is 260 g/mol. The van der Waals surface area contributed by atoms with E-state index in [9.17, 15) is 9.59 Å². The summed E-state index contributed by atoms with van der Waals surface area (Å²) in [4.78, 5) is 24.1. The lowest BCUT2D eigenvalue weighted by Gasteiger charge is -2.38. The van der Waals surface area contributed by atoms with Gasteiger partial charge < -0.3 is 15.4 Å². The number of carbonyl (C=O) groups excluding carboxylic acids is 2. The fourth-order valence-corrected chi connectivity index (χ4v) is 2.71. The van der Waals surface area contributed by atoms with Crippen LogP contribution in [0, 0.1) is 5.41 Å². The molecule has 2 N–H and O–H groups in total. The molecule has 1 aliphatic carbocycles. The quantitative estimate of drug-likeness (QED) is 0.758. The van der Waals surface area contributed by atoms with Crippen LogP contribution in [0.5, 0.6) is 0 Å². The molecule has 0 bridgehead atoms. The largest absolute Gasteiger partial charge is 0.465 e. The number of fused-ring (bicyclic) bond motifs is 1. The SMILES string of the molecule is COC(=O)c1cccc2c1NC(=O)C1(CCC1)CN2. The van der Waals surface area contributed by atoms with Gasteiger partial charge in [0.15, 0.2) is 0 Å². The molecule has 0 unspecified atom stereocenters. The first-order valence-corrected chi connectivity index (χ1v) is 6.43. The van der Waals surface area contributed by atoms with Crippen molar-refractivity contribution in [3.63, 3.8) is 0 Å². The second kappa shape index (κ2) is 4.26. The van der Waals surface area contributed by atoms with Crippen LogP contribution in [0.25, 0.3) is 0 Å². The molecule has 1 fully saturated rings. The summed E-state index contributed by atoms with van der Waals surface area (Å²) in [6, 6.07) is 5.30. The Balaban J connectivity index is 2.01.